The number of rotatable bonds is 4. The average Bonchev–Trinajstić information content (AvgIpc) is 3.42. The quantitative estimate of drug-likeness (QED) is 0.654. The summed E-state index contributed by atoms with van der Waals surface area (Å²) in [6.45, 7) is 2.74. The molecule has 6 nitrogen and oxygen atoms in total. The number of fused-ring (bicyclic) bond motifs is 3. The number of anilines is 1. The Kier molecular flexibility index (Phi) is 5.11. The number of benzene rings is 2. The van der Waals surface area contributed by atoms with Gasteiger partial charge in [0.2, 0.25) is 0 Å². The second-order valence-electron chi connectivity index (χ2n) is 7.72. The summed E-state index contributed by atoms with van der Waals surface area (Å²) in [5, 5.41) is 10.0. The first-order valence-corrected chi connectivity index (χ1v) is 11.1. The lowest BCUT2D eigenvalue weighted by Crippen LogP contribution is -2.48. The largest absolute Gasteiger partial charge is 0.477 e. The predicted molar refractivity (Wildman–Crippen MR) is 120 cm³/mol. The second kappa shape index (κ2) is 8.07. The fourth-order valence-corrected chi connectivity index (χ4v) is 5.30. The van der Waals surface area contributed by atoms with Gasteiger partial charge in [0.05, 0.1) is 5.00 Å². The number of carbonyl (C=O) groups is 2. The molecule has 2 aromatic carbocycles. The summed E-state index contributed by atoms with van der Waals surface area (Å²) in [6, 6.07) is 20.0. The van der Waals surface area contributed by atoms with Gasteiger partial charge in [-0.05, 0) is 34.4 Å². The van der Waals surface area contributed by atoms with Crippen molar-refractivity contribution in [2.45, 2.75) is 5.92 Å². The Morgan fingerprint density at radius 1 is 0.903 bits per heavy atom. The van der Waals surface area contributed by atoms with E-state index in [4.69, 9.17) is 9.84 Å². The topological polar surface area (TPSA) is 70.1 Å². The zero-order valence-electron chi connectivity index (χ0n) is 16.9. The Labute approximate surface area is 184 Å². The van der Waals surface area contributed by atoms with Gasteiger partial charge in [0.15, 0.2) is 0 Å². The molecule has 0 bridgehead atoms. The highest BCUT2D eigenvalue weighted by atomic mass is 32.1. The van der Waals surface area contributed by atoms with Crippen molar-refractivity contribution in [2.24, 2.45) is 0 Å². The monoisotopic (exact) mass is 434 g/mol. The van der Waals surface area contributed by atoms with Crippen LogP contribution in [0.25, 0.3) is 11.1 Å². The molecule has 0 spiro atoms. The Morgan fingerprint density at radius 3 is 2.10 bits per heavy atom. The van der Waals surface area contributed by atoms with E-state index < -0.39 is 5.97 Å². The number of ether oxygens (including phenoxy) is 1. The molecule has 1 aliphatic heterocycles. The van der Waals surface area contributed by atoms with Crippen LogP contribution < -0.4 is 4.90 Å². The minimum absolute atomic E-state index is 0.0539. The zero-order chi connectivity index (χ0) is 21.4. The summed E-state index contributed by atoms with van der Waals surface area (Å²) < 4.78 is 5.75. The number of carboxylic acids is 1. The first-order valence-electron chi connectivity index (χ1n) is 10.3. The zero-order valence-corrected chi connectivity index (χ0v) is 17.7. The molecule has 31 heavy (non-hydrogen) atoms. The van der Waals surface area contributed by atoms with Crippen LogP contribution in [0, 0.1) is 0 Å². The molecule has 1 N–H and O–H groups in total. The van der Waals surface area contributed by atoms with Gasteiger partial charge in [0.25, 0.3) is 0 Å². The molecular formula is C24H22N2O4S. The van der Waals surface area contributed by atoms with E-state index in [1.54, 1.807) is 11.0 Å². The third-order valence-electron chi connectivity index (χ3n) is 5.99. The van der Waals surface area contributed by atoms with Gasteiger partial charge in [-0.2, -0.15) is 0 Å². The molecule has 2 aliphatic rings. The summed E-state index contributed by atoms with van der Waals surface area (Å²) in [5.74, 6) is -0.855. The lowest BCUT2D eigenvalue weighted by atomic mass is 9.98. The summed E-state index contributed by atoms with van der Waals surface area (Å²) in [7, 11) is 0. The number of carbonyl (C=O) groups excluding carboxylic acids is 1. The molecule has 1 fully saturated rings. The average molecular weight is 435 g/mol. The third-order valence-corrected chi connectivity index (χ3v) is 7.12. The van der Waals surface area contributed by atoms with Crippen molar-refractivity contribution in [3.05, 3.63) is 76.7 Å². The molecule has 3 aromatic rings. The van der Waals surface area contributed by atoms with E-state index in [2.05, 4.69) is 29.2 Å². The van der Waals surface area contributed by atoms with Gasteiger partial charge in [-0.25, -0.2) is 9.59 Å². The minimum atomic E-state index is -0.909. The number of nitrogens with zero attached hydrogens (tertiary/aromatic N) is 2. The molecule has 0 saturated carbocycles. The van der Waals surface area contributed by atoms with Crippen molar-refractivity contribution in [1.82, 2.24) is 4.90 Å². The Balaban J connectivity index is 1.21. The van der Waals surface area contributed by atoms with Crippen LogP contribution in [0.2, 0.25) is 0 Å². The number of amides is 1. The number of thiophene rings is 1. The maximum atomic E-state index is 12.7. The van der Waals surface area contributed by atoms with E-state index in [1.165, 1.54) is 33.6 Å². The Hall–Kier alpha value is -3.32. The summed E-state index contributed by atoms with van der Waals surface area (Å²) in [6.07, 6.45) is -0.293. The van der Waals surface area contributed by atoms with Crippen LogP contribution in [-0.2, 0) is 4.74 Å². The fraction of sp³-hybridized carbons (Fsp3) is 0.250. The van der Waals surface area contributed by atoms with Crippen LogP contribution in [0.5, 0.6) is 0 Å². The lowest BCUT2D eigenvalue weighted by molar-refractivity contribution is 0.0702. The molecule has 1 aliphatic carbocycles. The van der Waals surface area contributed by atoms with E-state index in [0.29, 0.717) is 37.7 Å². The standard InChI is InChI=1S/C24H22N2O4S/c27-23(28)21-9-10-22(31-21)25-11-13-26(14-12-25)24(29)30-15-20-18-7-3-1-5-16(18)17-6-2-4-8-19(17)20/h1-10,20H,11-15H2,(H,27,28). The van der Waals surface area contributed by atoms with Gasteiger partial charge < -0.3 is 19.6 Å². The van der Waals surface area contributed by atoms with E-state index in [9.17, 15) is 9.59 Å². The van der Waals surface area contributed by atoms with Gasteiger partial charge in [-0.1, -0.05) is 48.5 Å². The number of piperazine rings is 1. The first kappa shape index (κ1) is 19.6. The highest BCUT2D eigenvalue weighted by Crippen LogP contribution is 2.44. The summed E-state index contributed by atoms with van der Waals surface area (Å²) in [4.78, 5) is 28.0. The molecule has 0 radical (unpaired) electrons. The third kappa shape index (κ3) is 3.65. The smallest absolute Gasteiger partial charge is 0.409 e. The highest BCUT2D eigenvalue weighted by molar-refractivity contribution is 7.17. The lowest BCUT2D eigenvalue weighted by Gasteiger charge is -2.34. The Morgan fingerprint density at radius 2 is 1.52 bits per heavy atom. The molecule has 1 saturated heterocycles. The molecule has 0 unspecified atom stereocenters. The van der Waals surface area contributed by atoms with Crippen LogP contribution in [0.4, 0.5) is 9.80 Å². The molecule has 158 valence electrons. The fourth-order valence-electron chi connectivity index (χ4n) is 4.41. The molecular weight excluding hydrogens is 412 g/mol. The van der Waals surface area contributed by atoms with Crippen LogP contribution in [0.15, 0.2) is 60.7 Å². The van der Waals surface area contributed by atoms with Crippen molar-refractivity contribution in [3.63, 3.8) is 0 Å². The minimum Gasteiger partial charge on any atom is -0.477 e. The SMILES string of the molecule is O=C(O)c1ccc(N2CCN(C(=O)OCC3c4ccccc4-c4ccccc43)CC2)s1. The maximum absolute atomic E-state index is 12.7. The molecule has 5 rings (SSSR count). The van der Waals surface area contributed by atoms with Gasteiger partial charge in [0.1, 0.15) is 11.5 Å². The van der Waals surface area contributed by atoms with Crippen molar-refractivity contribution in [1.29, 1.82) is 0 Å². The van der Waals surface area contributed by atoms with Gasteiger partial charge in [0, 0.05) is 32.1 Å². The maximum Gasteiger partial charge on any atom is 0.409 e. The van der Waals surface area contributed by atoms with Gasteiger partial charge in [-0.15, -0.1) is 11.3 Å². The summed E-state index contributed by atoms with van der Waals surface area (Å²) >= 11 is 1.26. The van der Waals surface area contributed by atoms with Crippen LogP contribution in [0.1, 0.15) is 26.7 Å². The van der Waals surface area contributed by atoms with Crippen LogP contribution >= 0.6 is 11.3 Å². The first-order chi connectivity index (χ1) is 15.1. The second-order valence-corrected chi connectivity index (χ2v) is 8.78. The molecule has 1 amide bonds. The highest BCUT2D eigenvalue weighted by Gasteiger charge is 2.30. The van der Waals surface area contributed by atoms with Crippen molar-refractivity contribution >= 4 is 28.4 Å². The van der Waals surface area contributed by atoms with Crippen molar-refractivity contribution < 1.29 is 19.4 Å². The summed E-state index contributed by atoms with van der Waals surface area (Å²) in [5.41, 5.74) is 4.83. The van der Waals surface area contributed by atoms with Crippen molar-refractivity contribution in [2.75, 3.05) is 37.7 Å². The normalized spacial score (nSPS) is 15.5. The number of carboxylic acid groups (broad SMARTS) is 1. The number of hydrogen-bond donors (Lipinski definition) is 1. The van der Waals surface area contributed by atoms with E-state index in [-0.39, 0.29) is 12.0 Å². The van der Waals surface area contributed by atoms with Crippen LogP contribution in [-0.4, -0.2) is 54.9 Å². The van der Waals surface area contributed by atoms with E-state index in [0.717, 1.165) is 5.00 Å². The van der Waals surface area contributed by atoms with E-state index >= 15 is 0 Å². The molecule has 2 heterocycles. The number of aromatic carboxylic acids is 1. The predicted octanol–water partition coefficient (Wildman–Crippen LogP) is 4.52. The molecule has 7 heteroatoms. The van der Waals surface area contributed by atoms with Crippen LogP contribution in [0.3, 0.4) is 0 Å². The number of hydrogen-bond acceptors (Lipinski definition) is 5. The molecule has 0 atom stereocenters. The Bertz CT molecular complexity index is 1090. The van der Waals surface area contributed by atoms with E-state index in [1.807, 2.05) is 30.3 Å². The van der Waals surface area contributed by atoms with Crippen molar-refractivity contribution in [3.8, 4) is 11.1 Å². The molecule has 1 aromatic heterocycles. The van der Waals surface area contributed by atoms with Gasteiger partial charge in [-0.3, -0.25) is 0 Å². The van der Waals surface area contributed by atoms with Gasteiger partial charge >= 0.3 is 12.1 Å².